The van der Waals surface area contributed by atoms with Gasteiger partial charge in [-0.2, -0.15) is 5.10 Å². The van der Waals surface area contributed by atoms with Crippen molar-refractivity contribution in [1.82, 2.24) is 20.0 Å². The average Bonchev–Trinajstić information content (AvgIpc) is 2.98. The van der Waals surface area contributed by atoms with Crippen LogP contribution in [-0.4, -0.2) is 47.3 Å². The molecule has 0 bridgehead atoms. The second-order valence-corrected chi connectivity index (χ2v) is 8.90. The molecule has 5 heteroatoms. The standard InChI is InChI=1S/C21H36N4O/c1-15(2)13-22-17-10-11-19-18(12-17)20(21(26)24(3)4)23-25(19)14-16-8-6-5-7-9-16/h15-17,22H,5-14H2,1-4H3. The molecule has 0 spiro atoms. The summed E-state index contributed by atoms with van der Waals surface area (Å²) in [5.74, 6) is 1.42. The van der Waals surface area contributed by atoms with E-state index in [0.29, 0.717) is 17.7 Å². The van der Waals surface area contributed by atoms with Crippen LogP contribution in [0.25, 0.3) is 0 Å². The van der Waals surface area contributed by atoms with Crippen LogP contribution < -0.4 is 5.32 Å². The number of nitrogens with one attached hydrogen (secondary N) is 1. The van der Waals surface area contributed by atoms with E-state index >= 15 is 0 Å². The van der Waals surface area contributed by atoms with Gasteiger partial charge in [-0.1, -0.05) is 33.1 Å². The molecule has 146 valence electrons. The Morgan fingerprint density at radius 1 is 1.23 bits per heavy atom. The maximum atomic E-state index is 12.7. The first-order chi connectivity index (χ1) is 12.5. The first-order valence-electron chi connectivity index (χ1n) is 10.5. The zero-order valence-corrected chi connectivity index (χ0v) is 17.1. The molecule has 1 amide bonds. The largest absolute Gasteiger partial charge is 0.343 e. The zero-order valence-electron chi connectivity index (χ0n) is 17.1. The molecule has 0 saturated heterocycles. The zero-order chi connectivity index (χ0) is 18.7. The van der Waals surface area contributed by atoms with Crippen LogP contribution in [-0.2, 0) is 19.4 Å². The fraction of sp³-hybridized carbons (Fsp3) is 0.810. The summed E-state index contributed by atoms with van der Waals surface area (Å²) in [5.41, 5.74) is 3.22. The van der Waals surface area contributed by atoms with Crippen LogP contribution in [0.2, 0.25) is 0 Å². The molecular weight excluding hydrogens is 324 g/mol. The van der Waals surface area contributed by atoms with E-state index in [2.05, 4.69) is 23.8 Å². The van der Waals surface area contributed by atoms with E-state index in [1.54, 1.807) is 4.90 Å². The molecule has 1 N–H and O–H groups in total. The molecule has 1 aromatic rings. The van der Waals surface area contributed by atoms with E-state index in [9.17, 15) is 4.79 Å². The fourth-order valence-electron chi connectivity index (χ4n) is 4.41. The second-order valence-electron chi connectivity index (χ2n) is 8.90. The number of nitrogens with zero attached hydrogens (tertiary/aromatic N) is 3. The van der Waals surface area contributed by atoms with E-state index in [1.165, 1.54) is 43.4 Å². The van der Waals surface area contributed by atoms with E-state index in [0.717, 1.165) is 38.3 Å². The Morgan fingerprint density at radius 2 is 1.96 bits per heavy atom. The molecular formula is C21H36N4O. The van der Waals surface area contributed by atoms with Crippen molar-refractivity contribution in [1.29, 1.82) is 0 Å². The first kappa shape index (κ1) is 19.4. The fourth-order valence-corrected chi connectivity index (χ4v) is 4.41. The summed E-state index contributed by atoms with van der Waals surface area (Å²) in [5, 5.41) is 8.52. The third-order valence-electron chi connectivity index (χ3n) is 5.93. The minimum atomic E-state index is 0.0492. The van der Waals surface area contributed by atoms with Crippen molar-refractivity contribution in [2.45, 2.75) is 77.8 Å². The number of amides is 1. The Labute approximate surface area is 158 Å². The summed E-state index contributed by atoms with van der Waals surface area (Å²) in [6.45, 7) is 6.51. The van der Waals surface area contributed by atoms with Gasteiger partial charge in [0.2, 0.25) is 0 Å². The molecule has 2 aliphatic carbocycles. The second kappa shape index (κ2) is 8.55. The average molecular weight is 361 g/mol. The maximum Gasteiger partial charge on any atom is 0.274 e. The highest BCUT2D eigenvalue weighted by atomic mass is 16.2. The number of carbonyl (C=O) groups excluding carboxylic acids is 1. The normalized spacial score (nSPS) is 21.0. The van der Waals surface area contributed by atoms with Crippen molar-refractivity contribution in [3.63, 3.8) is 0 Å². The van der Waals surface area contributed by atoms with Crippen LogP contribution in [0.1, 0.15) is 74.1 Å². The molecule has 0 radical (unpaired) electrons. The van der Waals surface area contributed by atoms with Gasteiger partial charge >= 0.3 is 0 Å². The van der Waals surface area contributed by atoms with Crippen LogP contribution in [0.15, 0.2) is 0 Å². The van der Waals surface area contributed by atoms with Crippen LogP contribution in [0.5, 0.6) is 0 Å². The minimum Gasteiger partial charge on any atom is -0.343 e. The molecule has 1 aromatic heterocycles. The lowest BCUT2D eigenvalue weighted by molar-refractivity contribution is 0.0819. The predicted octanol–water partition coefficient (Wildman–Crippen LogP) is 3.27. The van der Waals surface area contributed by atoms with Gasteiger partial charge in [0.05, 0.1) is 0 Å². The lowest BCUT2D eigenvalue weighted by Crippen LogP contribution is -2.37. The van der Waals surface area contributed by atoms with Gasteiger partial charge in [0.25, 0.3) is 5.91 Å². The monoisotopic (exact) mass is 360 g/mol. The van der Waals surface area contributed by atoms with Crippen LogP contribution in [0.4, 0.5) is 0 Å². The number of hydrogen-bond acceptors (Lipinski definition) is 3. The number of aromatic nitrogens is 2. The Bertz CT molecular complexity index is 614. The lowest BCUT2D eigenvalue weighted by Gasteiger charge is -2.27. The summed E-state index contributed by atoms with van der Waals surface area (Å²) < 4.78 is 2.20. The van der Waals surface area contributed by atoms with Gasteiger partial charge in [0.15, 0.2) is 5.69 Å². The molecule has 1 unspecified atom stereocenters. The molecule has 1 heterocycles. The van der Waals surface area contributed by atoms with Crippen molar-refractivity contribution in [3.05, 3.63) is 17.0 Å². The summed E-state index contributed by atoms with van der Waals surface area (Å²) in [7, 11) is 3.65. The maximum absolute atomic E-state index is 12.7. The van der Waals surface area contributed by atoms with E-state index < -0.39 is 0 Å². The van der Waals surface area contributed by atoms with Crippen molar-refractivity contribution in [2.75, 3.05) is 20.6 Å². The number of hydrogen-bond donors (Lipinski definition) is 1. The topological polar surface area (TPSA) is 50.2 Å². The van der Waals surface area contributed by atoms with Crippen LogP contribution in [0, 0.1) is 11.8 Å². The number of rotatable bonds is 6. The lowest BCUT2D eigenvalue weighted by atomic mass is 9.88. The van der Waals surface area contributed by atoms with Crippen molar-refractivity contribution < 1.29 is 4.79 Å². The van der Waals surface area contributed by atoms with Crippen LogP contribution in [0.3, 0.4) is 0 Å². The van der Waals surface area contributed by atoms with Gasteiger partial charge in [-0.25, -0.2) is 0 Å². The smallest absolute Gasteiger partial charge is 0.274 e. The Morgan fingerprint density at radius 3 is 2.62 bits per heavy atom. The molecule has 0 aliphatic heterocycles. The Hall–Kier alpha value is -1.36. The molecule has 5 nitrogen and oxygen atoms in total. The summed E-state index contributed by atoms with van der Waals surface area (Å²) >= 11 is 0. The summed E-state index contributed by atoms with van der Waals surface area (Å²) in [6, 6.07) is 0.464. The van der Waals surface area contributed by atoms with E-state index in [1.807, 2.05) is 14.1 Å². The number of carbonyl (C=O) groups is 1. The third-order valence-corrected chi connectivity index (χ3v) is 5.93. The third kappa shape index (κ3) is 4.48. The summed E-state index contributed by atoms with van der Waals surface area (Å²) in [6.07, 6.45) is 9.80. The van der Waals surface area contributed by atoms with Gasteiger partial charge in [-0.15, -0.1) is 0 Å². The molecule has 0 aromatic carbocycles. The number of fused-ring (bicyclic) bond motifs is 1. The molecule has 1 fully saturated rings. The predicted molar refractivity (Wildman–Crippen MR) is 105 cm³/mol. The molecule has 2 aliphatic rings. The molecule has 26 heavy (non-hydrogen) atoms. The van der Waals surface area contributed by atoms with Crippen molar-refractivity contribution in [3.8, 4) is 0 Å². The molecule has 1 saturated carbocycles. The van der Waals surface area contributed by atoms with Crippen molar-refractivity contribution in [2.24, 2.45) is 11.8 Å². The van der Waals surface area contributed by atoms with Gasteiger partial charge < -0.3 is 10.2 Å². The van der Waals surface area contributed by atoms with Crippen LogP contribution >= 0.6 is 0 Å². The highest BCUT2D eigenvalue weighted by molar-refractivity contribution is 5.93. The first-order valence-corrected chi connectivity index (χ1v) is 10.5. The summed E-state index contributed by atoms with van der Waals surface area (Å²) in [4.78, 5) is 14.4. The quantitative estimate of drug-likeness (QED) is 0.847. The van der Waals surface area contributed by atoms with Crippen molar-refractivity contribution >= 4 is 5.91 Å². The van der Waals surface area contributed by atoms with Gasteiger partial charge in [-0.3, -0.25) is 9.48 Å². The van der Waals surface area contributed by atoms with E-state index in [-0.39, 0.29) is 5.91 Å². The van der Waals surface area contributed by atoms with E-state index in [4.69, 9.17) is 5.10 Å². The molecule has 3 rings (SSSR count). The Kier molecular flexibility index (Phi) is 6.38. The van der Waals surface area contributed by atoms with Gasteiger partial charge in [0, 0.05) is 37.9 Å². The van der Waals surface area contributed by atoms with Gasteiger partial charge in [0.1, 0.15) is 0 Å². The van der Waals surface area contributed by atoms with Gasteiger partial charge in [-0.05, 0) is 50.5 Å². The molecule has 1 atom stereocenters. The highest BCUT2D eigenvalue weighted by Crippen LogP contribution is 2.30. The minimum absolute atomic E-state index is 0.0492. The highest BCUT2D eigenvalue weighted by Gasteiger charge is 2.30. The SMILES string of the molecule is CC(C)CNC1CCc2c(c(C(=O)N(C)C)nn2CC2CCCCC2)C1. The Balaban J connectivity index is 1.81.